The van der Waals surface area contributed by atoms with Crippen LogP contribution in [0.5, 0.6) is 0 Å². The highest BCUT2D eigenvalue weighted by atomic mass is 16.5. The van der Waals surface area contributed by atoms with Gasteiger partial charge in [0.1, 0.15) is 6.54 Å². The molecule has 0 aromatic rings. The van der Waals surface area contributed by atoms with Gasteiger partial charge in [-0.1, -0.05) is 66.9 Å². The van der Waals surface area contributed by atoms with Gasteiger partial charge in [0, 0.05) is 7.11 Å². The van der Waals surface area contributed by atoms with Crippen LogP contribution >= 0.6 is 0 Å². The molecule has 152 valence electrons. The van der Waals surface area contributed by atoms with Crippen molar-refractivity contribution in [1.82, 2.24) is 5.32 Å². The van der Waals surface area contributed by atoms with Gasteiger partial charge in [0.2, 0.25) is 6.41 Å². The number of hydrogen-bond acceptors (Lipinski definition) is 3. The minimum absolute atomic E-state index is 0.302. The van der Waals surface area contributed by atoms with E-state index in [0.717, 1.165) is 12.3 Å². The summed E-state index contributed by atoms with van der Waals surface area (Å²) in [6.07, 6.45) is 10.6. The number of nitrogens with one attached hydrogen (secondary N) is 1. The quantitative estimate of drug-likeness (QED) is 0.512. The molecule has 1 saturated carbocycles. The predicted molar refractivity (Wildman–Crippen MR) is 108 cm³/mol. The standard InChI is InChI=1S/C6H12O.C5H10.C4H10.C3H5NO3.C2H6/c1-7-6-4-2-3-5-6;1-3-5-4-2;1-4(2)3;5-2-4-1-3(6)7;1-2/h6H,2-5H2,1H3;3H,1,4-5H2,2H3;4H,1-3H3;2H,1H2,(H,4,5)(H,6,7);1-2H3. The fourth-order valence-corrected chi connectivity index (χ4v) is 1.46. The zero-order valence-electron chi connectivity index (χ0n) is 17.6. The molecule has 2 N–H and O–H groups in total. The van der Waals surface area contributed by atoms with Gasteiger partial charge >= 0.3 is 5.97 Å². The van der Waals surface area contributed by atoms with Crippen LogP contribution in [0.2, 0.25) is 0 Å². The molecule has 1 rings (SSSR count). The van der Waals surface area contributed by atoms with Crippen LogP contribution in [0.3, 0.4) is 0 Å². The van der Waals surface area contributed by atoms with Crippen molar-refractivity contribution in [1.29, 1.82) is 0 Å². The van der Waals surface area contributed by atoms with Gasteiger partial charge in [-0.2, -0.15) is 0 Å². The molecule has 5 nitrogen and oxygen atoms in total. The monoisotopic (exact) mass is 361 g/mol. The van der Waals surface area contributed by atoms with E-state index >= 15 is 0 Å². The normalized spacial score (nSPS) is 11.8. The molecule has 1 aliphatic carbocycles. The third-order valence-corrected chi connectivity index (χ3v) is 2.46. The van der Waals surface area contributed by atoms with Gasteiger partial charge in [0.25, 0.3) is 0 Å². The summed E-state index contributed by atoms with van der Waals surface area (Å²) in [7, 11) is 1.80. The fourth-order valence-electron chi connectivity index (χ4n) is 1.46. The molecular formula is C20H43NO4. The number of hydrogen-bond donors (Lipinski definition) is 2. The van der Waals surface area contributed by atoms with Gasteiger partial charge in [-0.3, -0.25) is 9.59 Å². The van der Waals surface area contributed by atoms with Gasteiger partial charge < -0.3 is 15.2 Å². The van der Waals surface area contributed by atoms with Crippen molar-refractivity contribution in [3.8, 4) is 0 Å². The maximum Gasteiger partial charge on any atom is 0.322 e. The molecule has 0 radical (unpaired) electrons. The molecule has 0 atom stereocenters. The van der Waals surface area contributed by atoms with Crippen molar-refractivity contribution in [2.45, 2.75) is 86.2 Å². The number of carboxylic acid groups (broad SMARTS) is 1. The van der Waals surface area contributed by atoms with Gasteiger partial charge in [-0.15, -0.1) is 6.58 Å². The first-order chi connectivity index (χ1) is 11.8. The molecule has 1 aliphatic rings. The number of ether oxygens (including phenoxy) is 1. The fraction of sp³-hybridized carbons (Fsp3) is 0.800. The van der Waals surface area contributed by atoms with Crippen LogP contribution in [-0.4, -0.2) is 37.2 Å². The number of carboxylic acids is 1. The molecule has 25 heavy (non-hydrogen) atoms. The molecule has 0 heterocycles. The van der Waals surface area contributed by atoms with Crippen LogP contribution in [0, 0.1) is 5.92 Å². The van der Waals surface area contributed by atoms with Gasteiger partial charge in [-0.25, -0.2) is 0 Å². The lowest BCUT2D eigenvalue weighted by Gasteiger charge is -2.02. The summed E-state index contributed by atoms with van der Waals surface area (Å²) in [6, 6.07) is 0. The smallest absolute Gasteiger partial charge is 0.322 e. The largest absolute Gasteiger partial charge is 0.480 e. The Hall–Kier alpha value is -1.36. The van der Waals surface area contributed by atoms with E-state index in [1.807, 2.05) is 25.2 Å². The highest BCUT2D eigenvalue weighted by Crippen LogP contribution is 2.19. The van der Waals surface area contributed by atoms with E-state index in [2.05, 4.69) is 34.3 Å². The number of amides is 1. The van der Waals surface area contributed by atoms with E-state index in [-0.39, 0.29) is 6.54 Å². The number of allylic oxidation sites excluding steroid dienone is 1. The van der Waals surface area contributed by atoms with Crippen LogP contribution in [-0.2, 0) is 14.3 Å². The Labute approximate surface area is 156 Å². The minimum atomic E-state index is -1.04. The van der Waals surface area contributed by atoms with E-state index in [0.29, 0.717) is 12.5 Å². The van der Waals surface area contributed by atoms with E-state index in [4.69, 9.17) is 9.84 Å². The van der Waals surface area contributed by atoms with Crippen LogP contribution in [0.25, 0.3) is 0 Å². The first-order valence-electron chi connectivity index (χ1n) is 9.38. The Kier molecular flexibility index (Phi) is 38.3. The van der Waals surface area contributed by atoms with Crippen molar-refractivity contribution in [3.63, 3.8) is 0 Å². The molecule has 0 saturated heterocycles. The molecule has 0 unspecified atom stereocenters. The van der Waals surface area contributed by atoms with Crippen molar-refractivity contribution in [2.24, 2.45) is 5.92 Å². The van der Waals surface area contributed by atoms with E-state index in [9.17, 15) is 9.59 Å². The maximum absolute atomic E-state index is 9.54. The lowest BCUT2D eigenvalue weighted by Crippen LogP contribution is -2.20. The minimum Gasteiger partial charge on any atom is -0.480 e. The maximum atomic E-state index is 9.54. The van der Waals surface area contributed by atoms with E-state index in [1.54, 1.807) is 7.11 Å². The zero-order valence-corrected chi connectivity index (χ0v) is 17.6. The number of unbranched alkanes of at least 4 members (excludes halogenated alkanes) is 1. The van der Waals surface area contributed by atoms with Gasteiger partial charge in [-0.05, 0) is 25.2 Å². The number of rotatable bonds is 6. The summed E-state index contributed by atoms with van der Waals surface area (Å²) in [4.78, 5) is 18.9. The predicted octanol–water partition coefficient (Wildman–Crippen LogP) is 5.05. The van der Waals surface area contributed by atoms with Crippen LogP contribution in [0.4, 0.5) is 0 Å². The first-order valence-corrected chi connectivity index (χ1v) is 9.38. The van der Waals surface area contributed by atoms with Crippen LogP contribution in [0.1, 0.15) is 80.1 Å². The zero-order chi connectivity index (χ0) is 20.5. The molecular weight excluding hydrogens is 318 g/mol. The number of carbonyl (C=O) groups excluding carboxylic acids is 1. The summed E-state index contributed by atoms with van der Waals surface area (Å²) < 4.78 is 5.11. The van der Waals surface area contributed by atoms with Crippen molar-refractivity contribution < 1.29 is 19.4 Å². The van der Waals surface area contributed by atoms with Crippen LogP contribution < -0.4 is 5.32 Å². The van der Waals surface area contributed by atoms with Gasteiger partial charge in [0.15, 0.2) is 0 Å². The Bertz CT molecular complexity index is 260. The summed E-state index contributed by atoms with van der Waals surface area (Å²) in [6.45, 7) is 15.9. The second-order valence-electron chi connectivity index (χ2n) is 5.84. The summed E-state index contributed by atoms with van der Waals surface area (Å²) >= 11 is 0. The number of carbonyl (C=O) groups is 2. The Balaban J connectivity index is -0.000000116. The molecule has 0 aromatic carbocycles. The molecule has 0 bridgehead atoms. The van der Waals surface area contributed by atoms with Gasteiger partial charge in [0.05, 0.1) is 6.10 Å². The summed E-state index contributed by atoms with van der Waals surface area (Å²) in [5.41, 5.74) is 0. The van der Waals surface area contributed by atoms with E-state index < -0.39 is 5.97 Å². The summed E-state index contributed by atoms with van der Waals surface area (Å²) in [5, 5.41) is 9.79. The van der Waals surface area contributed by atoms with Crippen LogP contribution in [0.15, 0.2) is 12.7 Å². The lowest BCUT2D eigenvalue weighted by molar-refractivity contribution is -0.136. The topological polar surface area (TPSA) is 75.6 Å². The second-order valence-corrected chi connectivity index (χ2v) is 5.84. The molecule has 0 spiro atoms. The van der Waals surface area contributed by atoms with Crippen molar-refractivity contribution >= 4 is 12.4 Å². The third kappa shape index (κ3) is 51.8. The Morgan fingerprint density at radius 1 is 1.28 bits per heavy atom. The molecule has 5 heteroatoms. The van der Waals surface area contributed by atoms with Crippen molar-refractivity contribution in [2.75, 3.05) is 13.7 Å². The average molecular weight is 362 g/mol. The molecule has 1 fully saturated rings. The summed E-state index contributed by atoms with van der Waals surface area (Å²) in [5.74, 6) is -0.202. The highest BCUT2D eigenvalue weighted by molar-refractivity contribution is 5.71. The lowest BCUT2D eigenvalue weighted by atomic mass is 10.3. The Morgan fingerprint density at radius 2 is 1.72 bits per heavy atom. The molecule has 1 amide bonds. The number of methoxy groups -OCH3 is 1. The first kappa shape index (κ1) is 31.4. The number of aliphatic carboxylic acids is 1. The van der Waals surface area contributed by atoms with E-state index in [1.165, 1.54) is 32.1 Å². The Morgan fingerprint density at radius 3 is 1.84 bits per heavy atom. The van der Waals surface area contributed by atoms with Crippen molar-refractivity contribution in [3.05, 3.63) is 12.7 Å². The molecule has 0 aromatic heterocycles. The second kappa shape index (κ2) is 30.5. The third-order valence-electron chi connectivity index (χ3n) is 2.46. The highest BCUT2D eigenvalue weighted by Gasteiger charge is 2.12. The molecule has 0 aliphatic heterocycles. The SMILES string of the molecule is C=CCCC.CC.CC(C)C.COC1CCCC1.O=CNCC(=O)O. The average Bonchev–Trinajstić information content (AvgIpc) is 3.10.